The summed E-state index contributed by atoms with van der Waals surface area (Å²) in [6.07, 6.45) is 0. The van der Waals surface area contributed by atoms with Gasteiger partial charge in [0.1, 0.15) is 5.82 Å². The lowest BCUT2D eigenvalue weighted by atomic mass is 10.2. The second-order valence-corrected chi connectivity index (χ2v) is 6.14. The Bertz CT molecular complexity index is 452. The summed E-state index contributed by atoms with van der Waals surface area (Å²) in [7, 11) is 0. The van der Waals surface area contributed by atoms with Gasteiger partial charge in [0.2, 0.25) is 0 Å². The largest absolute Gasteiger partial charge is 0.207 e. The molecule has 0 aliphatic rings. The van der Waals surface area contributed by atoms with Gasteiger partial charge in [-0.3, -0.25) is 0 Å². The minimum Gasteiger partial charge on any atom is -0.207 e. The van der Waals surface area contributed by atoms with Crippen LogP contribution in [0.15, 0.2) is 18.2 Å². The third-order valence-electron chi connectivity index (χ3n) is 1.84. The molecule has 0 amide bonds. The summed E-state index contributed by atoms with van der Waals surface area (Å²) in [6.45, 7) is 0. The van der Waals surface area contributed by atoms with Crippen molar-refractivity contribution >= 4 is 59.9 Å². The number of benzene rings is 1. The van der Waals surface area contributed by atoms with Crippen LogP contribution in [0, 0.1) is 8.70 Å². The number of hydrogen-bond acceptors (Lipinski definition) is 1. The summed E-state index contributed by atoms with van der Waals surface area (Å²) >= 11 is 7.20. The van der Waals surface area contributed by atoms with Crippen molar-refractivity contribution in [2.24, 2.45) is 0 Å². The van der Waals surface area contributed by atoms with Crippen molar-refractivity contribution in [3.8, 4) is 0 Å². The Morgan fingerprint density at radius 1 is 1.46 bits per heavy atom. The summed E-state index contributed by atoms with van der Waals surface area (Å²) in [6, 6.07) is 5.43. The molecule has 0 aliphatic heterocycles. The van der Waals surface area contributed by atoms with E-state index < -0.39 is 0 Å². The number of halogens is 3. The van der Waals surface area contributed by atoms with Gasteiger partial charge in [0, 0.05) is 15.6 Å². The minimum atomic E-state index is -0.123. The van der Waals surface area contributed by atoms with E-state index in [2.05, 4.69) is 44.6 Å². The van der Waals surface area contributed by atoms with Gasteiger partial charge in [0.25, 0.3) is 0 Å². The Kier molecular flexibility index (Phi) is 2.90. The lowest BCUT2D eigenvalue weighted by Gasteiger charge is -1.99. The fourth-order valence-electron chi connectivity index (χ4n) is 1.23. The molecule has 1 aromatic heterocycles. The van der Waals surface area contributed by atoms with Gasteiger partial charge >= 0.3 is 0 Å². The van der Waals surface area contributed by atoms with Gasteiger partial charge in [-0.15, -0.1) is 11.3 Å². The number of fused-ring (bicyclic) bond motifs is 1. The molecule has 0 fully saturated rings. The molecule has 0 aliphatic carbocycles. The van der Waals surface area contributed by atoms with Crippen LogP contribution >= 0.6 is 49.9 Å². The predicted octanol–water partition coefficient (Wildman–Crippen LogP) is 4.54. The summed E-state index contributed by atoms with van der Waals surface area (Å²) < 4.78 is 15.6. The maximum Gasteiger partial charge on any atom is 0.128 e. The Morgan fingerprint density at radius 2 is 2.23 bits per heavy atom. The highest BCUT2D eigenvalue weighted by Gasteiger charge is 2.08. The fourth-order valence-corrected chi connectivity index (χ4v) is 3.88. The second-order valence-electron chi connectivity index (χ2n) is 2.63. The van der Waals surface area contributed by atoms with Gasteiger partial charge in [-0.05, 0) is 40.1 Å². The zero-order chi connectivity index (χ0) is 9.42. The van der Waals surface area contributed by atoms with Crippen LogP contribution in [0.1, 0.15) is 5.56 Å². The summed E-state index contributed by atoms with van der Waals surface area (Å²) in [5.74, 6) is -0.123. The van der Waals surface area contributed by atoms with Gasteiger partial charge in [0.15, 0.2) is 0 Å². The predicted molar refractivity (Wildman–Crippen MR) is 67.1 cm³/mol. The quantitative estimate of drug-likeness (QED) is 0.510. The highest BCUT2D eigenvalue weighted by atomic mass is 127. The van der Waals surface area contributed by atoms with Crippen molar-refractivity contribution in [3.05, 3.63) is 32.5 Å². The number of thiophene rings is 1. The van der Waals surface area contributed by atoms with Gasteiger partial charge in [0.05, 0.1) is 2.88 Å². The third kappa shape index (κ3) is 1.76. The maximum absolute atomic E-state index is 13.3. The molecule has 68 valence electrons. The van der Waals surface area contributed by atoms with E-state index in [1.807, 2.05) is 6.07 Å². The van der Waals surface area contributed by atoms with Crippen LogP contribution in [-0.4, -0.2) is 0 Å². The first-order valence-corrected chi connectivity index (χ1v) is 6.66. The zero-order valence-electron chi connectivity index (χ0n) is 6.48. The topological polar surface area (TPSA) is 0 Å². The van der Waals surface area contributed by atoms with Crippen LogP contribution in [0.3, 0.4) is 0 Å². The lowest BCUT2D eigenvalue weighted by molar-refractivity contribution is 0.620. The van der Waals surface area contributed by atoms with Crippen molar-refractivity contribution < 1.29 is 4.39 Å². The van der Waals surface area contributed by atoms with E-state index in [0.29, 0.717) is 5.33 Å². The molecule has 0 N–H and O–H groups in total. The van der Waals surface area contributed by atoms with E-state index in [-0.39, 0.29) is 5.82 Å². The lowest BCUT2D eigenvalue weighted by Crippen LogP contribution is -1.84. The van der Waals surface area contributed by atoms with Gasteiger partial charge in [-0.25, -0.2) is 4.39 Å². The molecule has 0 spiro atoms. The minimum absolute atomic E-state index is 0.123. The summed E-state index contributed by atoms with van der Waals surface area (Å²) in [5.41, 5.74) is 0.769. The highest BCUT2D eigenvalue weighted by Crippen LogP contribution is 2.32. The Morgan fingerprint density at radius 3 is 2.92 bits per heavy atom. The first-order valence-electron chi connectivity index (χ1n) is 3.65. The SMILES string of the molecule is Fc1ccc2cc(I)sc2c1CBr. The molecule has 0 unspecified atom stereocenters. The van der Waals surface area contributed by atoms with Crippen molar-refractivity contribution in [3.63, 3.8) is 0 Å². The third-order valence-corrected chi connectivity index (χ3v) is 4.37. The monoisotopic (exact) mass is 370 g/mol. The average Bonchev–Trinajstić information content (AvgIpc) is 2.45. The van der Waals surface area contributed by atoms with E-state index in [1.54, 1.807) is 11.3 Å². The second kappa shape index (κ2) is 3.82. The van der Waals surface area contributed by atoms with E-state index in [9.17, 15) is 4.39 Å². The van der Waals surface area contributed by atoms with Crippen molar-refractivity contribution in [2.75, 3.05) is 0 Å². The average molecular weight is 371 g/mol. The van der Waals surface area contributed by atoms with Crippen molar-refractivity contribution in [2.45, 2.75) is 5.33 Å². The van der Waals surface area contributed by atoms with Crippen LogP contribution in [0.2, 0.25) is 0 Å². The van der Waals surface area contributed by atoms with Crippen molar-refractivity contribution in [1.29, 1.82) is 0 Å². The van der Waals surface area contributed by atoms with Crippen LogP contribution in [0.5, 0.6) is 0 Å². The molecule has 0 nitrogen and oxygen atoms in total. The molecule has 0 saturated heterocycles. The molecule has 2 rings (SSSR count). The maximum atomic E-state index is 13.3. The number of alkyl halides is 1. The molecule has 13 heavy (non-hydrogen) atoms. The molecular formula is C9H5BrFIS. The molecule has 1 heterocycles. The number of rotatable bonds is 1. The zero-order valence-corrected chi connectivity index (χ0v) is 11.0. The fraction of sp³-hybridized carbons (Fsp3) is 0.111. The molecule has 2 aromatic rings. The molecular weight excluding hydrogens is 366 g/mol. The van der Waals surface area contributed by atoms with Crippen LogP contribution < -0.4 is 0 Å². The van der Waals surface area contributed by atoms with Gasteiger partial charge < -0.3 is 0 Å². The molecule has 0 radical (unpaired) electrons. The van der Waals surface area contributed by atoms with Crippen molar-refractivity contribution in [1.82, 2.24) is 0 Å². The van der Waals surface area contributed by atoms with E-state index in [1.165, 1.54) is 8.95 Å². The Balaban J connectivity index is 2.82. The van der Waals surface area contributed by atoms with Gasteiger partial charge in [-0.1, -0.05) is 22.0 Å². The smallest absolute Gasteiger partial charge is 0.128 e. The molecule has 1 aromatic carbocycles. The summed E-state index contributed by atoms with van der Waals surface area (Å²) in [5, 5.41) is 1.71. The molecule has 0 atom stereocenters. The highest BCUT2D eigenvalue weighted by molar-refractivity contribution is 14.1. The van der Waals surface area contributed by atoms with E-state index >= 15 is 0 Å². The first kappa shape index (κ1) is 9.86. The normalized spacial score (nSPS) is 11.0. The molecule has 4 heteroatoms. The van der Waals surface area contributed by atoms with Crippen LogP contribution in [0.4, 0.5) is 4.39 Å². The van der Waals surface area contributed by atoms with Gasteiger partial charge in [-0.2, -0.15) is 0 Å². The molecule has 0 saturated carbocycles. The summed E-state index contributed by atoms with van der Waals surface area (Å²) in [4.78, 5) is 0. The molecule has 0 bridgehead atoms. The Hall–Kier alpha value is 0.320. The number of hydrogen-bond donors (Lipinski definition) is 0. The first-order chi connectivity index (χ1) is 6.22. The van der Waals surface area contributed by atoms with E-state index in [0.717, 1.165) is 15.6 Å². The van der Waals surface area contributed by atoms with Crippen LogP contribution in [0.25, 0.3) is 10.1 Å². The van der Waals surface area contributed by atoms with Crippen LogP contribution in [-0.2, 0) is 5.33 Å². The standard InChI is InChI=1S/C9H5BrFIS/c10-4-6-7(11)2-1-5-3-8(12)13-9(5)6/h1-3H,4H2. The van der Waals surface area contributed by atoms with E-state index in [4.69, 9.17) is 0 Å². The Labute approximate surface area is 101 Å².